The van der Waals surface area contributed by atoms with Crippen LogP contribution in [-0.4, -0.2) is 26.2 Å². The molecule has 0 heterocycles. The van der Waals surface area contributed by atoms with Gasteiger partial charge < -0.3 is 9.47 Å². The lowest BCUT2D eigenvalue weighted by Gasteiger charge is -2.34. The van der Waals surface area contributed by atoms with Crippen LogP contribution < -0.4 is 0 Å². The SMILES string of the molecule is COC(=O)c1ccc2c(c1)-c1cc(C(=O)OC)ccc1C2(c1ccc(C)cc1)c1ccc(C)cc1. The van der Waals surface area contributed by atoms with Crippen LogP contribution in [0.4, 0.5) is 0 Å². The number of carbonyl (C=O) groups excluding carboxylic acids is 2. The fourth-order valence-corrected chi connectivity index (χ4v) is 5.22. The van der Waals surface area contributed by atoms with Crippen LogP contribution >= 0.6 is 0 Å². The summed E-state index contributed by atoms with van der Waals surface area (Å²) in [6.07, 6.45) is 0. The summed E-state index contributed by atoms with van der Waals surface area (Å²) in [5.41, 5.74) is 8.78. The van der Waals surface area contributed by atoms with E-state index in [2.05, 4.69) is 62.4 Å². The van der Waals surface area contributed by atoms with E-state index in [9.17, 15) is 9.59 Å². The first-order chi connectivity index (χ1) is 16.9. The van der Waals surface area contributed by atoms with Crippen molar-refractivity contribution in [2.75, 3.05) is 14.2 Å². The van der Waals surface area contributed by atoms with Crippen LogP contribution in [0.5, 0.6) is 0 Å². The standard InChI is InChI=1S/C31H26O4/c1-19-5-11-23(12-6-19)31(24-13-7-20(2)8-14-24)27-15-9-21(29(32)34-3)17-25(27)26-18-22(30(33)35-4)10-16-28(26)31/h5-18H,1-4H3. The highest BCUT2D eigenvalue weighted by molar-refractivity contribution is 5.97. The van der Waals surface area contributed by atoms with Crippen molar-refractivity contribution in [1.29, 1.82) is 0 Å². The molecule has 0 saturated heterocycles. The number of fused-ring (bicyclic) bond motifs is 3. The molecule has 1 aliphatic carbocycles. The van der Waals surface area contributed by atoms with Gasteiger partial charge in [-0.3, -0.25) is 0 Å². The summed E-state index contributed by atoms with van der Waals surface area (Å²) in [5, 5.41) is 0. The molecule has 5 rings (SSSR count). The molecule has 0 aliphatic heterocycles. The van der Waals surface area contributed by atoms with E-state index in [1.54, 1.807) is 0 Å². The first-order valence-corrected chi connectivity index (χ1v) is 11.5. The Morgan fingerprint density at radius 1 is 0.571 bits per heavy atom. The van der Waals surface area contributed by atoms with Gasteiger partial charge in [0.1, 0.15) is 0 Å². The monoisotopic (exact) mass is 462 g/mol. The zero-order chi connectivity index (χ0) is 24.7. The third-order valence-corrected chi connectivity index (χ3v) is 6.95. The Balaban J connectivity index is 1.91. The van der Waals surface area contributed by atoms with Crippen molar-refractivity contribution in [3.63, 3.8) is 0 Å². The van der Waals surface area contributed by atoms with E-state index in [1.807, 2.05) is 36.4 Å². The summed E-state index contributed by atoms with van der Waals surface area (Å²) in [7, 11) is 2.75. The molecule has 1 aliphatic rings. The quantitative estimate of drug-likeness (QED) is 0.297. The zero-order valence-electron chi connectivity index (χ0n) is 20.2. The fraction of sp³-hybridized carbons (Fsp3) is 0.161. The Labute approximate surface area is 205 Å². The number of ether oxygens (including phenoxy) is 2. The van der Waals surface area contributed by atoms with Gasteiger partial charge in [-0.25, -0.2) is 9.59 Å². The number of benzene rings is 4. The van der Waals surface area contributed by atoms with Gasteiger partial charge in [-0.1, -0.05) is 71.8 Å². The highest BCUT2D eigenvalue weighted by atomic mass is 16.5. The van der Waals surface area contributed by atoms with Gasteiger partial charge in [0, 0.05) is 0 Å². The van der Waals surface area contributed by atoms with Crippen molar-refractivity contribution in [3.8, 4) is 11.1 Å². The molecule has 4 nitrogen and oxygen atoms in total. The summed E-state index contributed by atoms with van der Waals surface area (Å²) in [6, 6.07) is 28.5. The number of hydrogen-bond donors (Lipinski definition) is 0. The van der Waals surface area contributed by atoms with Crippen molar-refractivity contribution in [1.82, 2.24) is 0 Å². The Morgan fingerprint density at radius 3 is 1.29 bits per heavy atom. The molecule has 0 atom stereocenters. The average molecular weight is 463 g/mol. The minimum absolute atomic E-state index is 0.401. The van der Waals surface area contributed by atoms with Gasteiger partial charge in [0.15, 0.2) is 0 Å². The molecule has 0 N–H and O–H groups in total. The van der Waals surface area contributed by atoms with Gasteiger partial charge in [-0.05, 0) is 71.5 Å². The first-order valence-electron chi connectivity index (χ1n) is 11.5. The van der Waals surface area contributed by atoms with Crippen LogP contribution in [0.15, 0.2) is 84.9 Å². The molecule has 174 valence electrons. The summed E-state index contributed by atoms with van der Waals surface area (Å²) >= 11 is 0. The third kappa shape index (κ3) is 3.45. The normalized spacial score (nSPS) is 13.0. The van der Waals surface area contributed by atoms with Crippen LogP contribution in [0.2, 0.25) is 0 Å². The molecule has 4 aromatic rings. The topological polar surface area (TPSA) is 52.6 Å². The van der Waals surface area contributed by atoms with Crippen LogP contribution in [0.3, 0.4) is 0 Å². The van der Waals surface area contributed by atoms with Crippen LogP contribution in [0.25, 0.3) is 11.1 Å². The molecular weight excluding hydrogens is 436 g/mol. The van der Waals surface area contributed by atoms with Crippen molar-refractivity contribution in [2.24, 2.45) is 0 Å². The molecule has 4 heteroatoms. The Bertz CT molecular complexity index is 1330. The molecule has 4 aromatic carbocycles. The molecule has 35 heavy (non-hydrogen) atoms. The maximum atomic E-state index is 12.4. The number of carbonyl (C=O) groups is 2. The third-order valence-electron chi connectivity index (χ3n) is 6.95. The molecule has 0 radical (unpaired) electrons. The van der Waals surface area contributed by atoms with Gasteiger partial charge >= 0.3 is 11.9 Å². The Morgan fingerprint density at radius 2 is 0.943 bits per heavy atom. The van der Waals surface area contributed by atoms with Gasteiger partial charge in [0.05, 0.1) is 30.8 Å². The van der Waals surface area contributed by atoms with E-state index >= 15 is 0 Å². The number of esters is 2. The van der Waals surface area contributed by atoms with Crippen molar-refractivity contribution >= 4 is 11.9 Å². The summed E-state index contributed by atoms with van der Waals surface area (Å²) < 4.78 is 10.00. The molecule has 0 saturated carbocycles. The lowest BCUT2D eigenvalue weighted by Crippen LogP contribution is -2.28. The largest absolute Gasteiger partial charge is 0.465 e. The zero-order valence-corrected chi connectivity index (χ0v) is 20.2. The fourth-order valence-electron chi connectivity index (χ4n) is 5.22. The Kier molecular flexibility index (Phi) is 5.52. The van der Waals surface area contributed by atoms with Crippen molar-refractivity contribution in [3.05, 3.63) is 129 Å². The summed E-state index contributed by atoms with van der Waals surface area (Å²) in [5.74, 6) is -0.803. The Hall–Kier alpha value is -4.18. The molecule has 0 bridgehead atoms. The van der Waals surface area contributed by atoms with E-state index in [0.717, 1.165) is 33.4 Å². The lowest BCUT2D eigenvalue weighted by molar-refractivity contribution is 0.0591. The van der Waals surface area contributed by atoms with Gasteiger partial charge in [-0.15, -0.1) is 0 Å². The van der Waals surface area contributed by atoms with Gasteiger partial charge in [0.2, 0.25) is 0 Å². The van der Waals surface area contributed by atoms with E-state index < -0.39 is 17.4 Å². The minimum Gasteiger partial charge on any atom is -0.465 e. The number of rotatable bonds is 4. The maximum absolute atomic E-state index is 12.4. The van der Waals surface area contributed by atoms with Gasteiger partial charge in [-0.2, -0.15) is 0 Å². The van der Waals surface area contributed by atoms with Crippen LogP contribution in [0.1, 0.15) is 54.1 Å². The predicted molar refractivity (Wildman–Crippen MR) is 136 cm³/mol. The van der Waals surface area contributed by atoms with Crippen molar-refractivity contribution in [2.45, 2.75) is 19.3 Å². The van der Waals surface area contributed by atoms with Gasteiger partial charge in [0.25, 0.3) is 0 Å². The highest BCUT2D eigenvalue weighted by Crippen LogP contribution is 2.56. The smallest absolute Gasteiger partial charge is 0.337 e. The van der Waals surface area contributed by atoms with E-state index in [4.69, 9.17) is 9.47 Å². The minimum atomic E-state index is -0.616. The number of hydrogen-bond acceptors (Lipinski definition) is 4. The lowest BCUT2D eigenvalue weighted by atomic mass is 9.67. The maximum Gasteiger partial charge on any atom is 0.337 e. The second-order valence-corrected chi connectivity index (χ2v) is 8.99. The second-order valence-electron chi connectivity index (χ2n) is 8.99. The molecule has 0 fully saturated rings. The molecule has 0 unspecified atom stereocenters. The van der Waals surface area contributed by atoms with Crippen LogP contribution in [0, 0.1) is 13.8 Å². The van der Waals surface area contributed by atoms with Crippen molar-refractivity contribution < 1.29 is 19.1 Å². The highest BCUT2D eigenvalue weighted by Gasteiger charge is 2.46. The van der Waals surface area contributed by atoms with Crippen LogP contribution in [-0.2, 0) is 14.9 Å². The predicted octanol–water partition coefficient (Wildman–Crippen LogP) is 6.24. The molecule has 0 spiro atoms. The van der Waals surface area contributed by atoms with E-state index in [0.29, 0.717) is 11.1 Å². The number of methoxy groups -OCH3 is 2. The van der Waals surface area contributed by atoms with E-state index in [1.165, 1.54) is 25.3 Å². The number of aryl methyl sites for hydroxylation is 2. The summed E-state index contributed by atoms with van der Waals surface area (Å²) in [4.78, 5) is 24.9. The second kappa shape index (κ2) is 8.55. The first kappa shape index (κ1) is 22.6. The molecule has 0 aromatic heterocycles. The molecule has 0 amide bonds. The average Bonchev–Trinajstić information content (AvgIpc) is 3.18. The summed E-state index contributed by atoms with van der Waals surface area (Å²) in [6.45, 7) is 4.15. The molecular formula is C31H26O4. The van der Waals surface area contributed by atoms with E-state index in [-0.39, 0.29) is 0 Å².